The third kappa shape index (κ3) is 5.14. The molecule has 0 atom stereocenters. The molecular formula is C17H29NO2. The summed E-state index contributed by atoms with van der Waals surface area (Å²) in [5, 5.41) is 0. The van der Waals surface area contributed by atoms with Gasteiger partial charge in [0.15, 0.2) is 0 Å². The molecule has 1 aromatic carbocycles. The van der Waals surface area contributed by atoms with Crippen molar-refractivity contribution < 1.29 is 9.47 Å². The van der Waals surface area contributed by atoms with Crippen LogP contribution in [0.25, 0.3) is 0 Å². The Kier molecular flexibility index (Phi) is 7.63. The Bertz CT molecular complexity index is 375. The molecule has 1 aliphatic rings. The molecule has 0 bridgehead atoms. The van der Waals surface area contributed by atoms with Crippen molar-refractivity contribution in [3.8, 4) is 5.75 Å². The molecule has 2 rings (SSSR count). The lowest BCUT2D eigenvalue weighted by atomic mass is 10.1. The summed E-state index contributed by atoms with van der Waals surface area (Å²) in [4.78, 5) is 2.39. The number of benzene rings is 1. The quantitative estimate of drug-likeness (QED) is 0.843. The molecule has 1 fully saturated rings. The second-order valence-corrected chi connectivity index (χ2v) is 5.03. The average molecular weight is 279 g/mol. The summed E-state index contributed by atoms with van der Waals surface area (Å²) in [6.45, 7) is 15.8. The van der Waals surface area contributed by atoms with E-state index in [0.29, 0.717) is 0 Å². The second kappa shape index (κ2) is 8.98. The van der Waals surface area contributed by atoms with Crippen LogP contribution in [-0.4, -0.2) is 44.4 Å². The van der Waals surface area contributed by atoms with Gasteiger partial charge in [-0.25, -0.2) is 0 Å². The first-order valence-electron chi connectivity index (χ1n) is 7.67. The van der Waals surface area contributed by atoms with Gasteiger partial charge < -0.3 is 9.47 Å². The molecule has 0 aliphatic carbocycles. The van der Waals surface area contributed by atoms with Gasteiger partial charge in [0.05, 0.1) is 13.2 Å². The highest BCUT2D eigenvalue weighted by molar-refractivity contribution is 5.42. The molecule has 20 heavy (non-hydrogen) atoms. The van der Waals surface area contributed by atoms with E-state index in [9.17, 15) is 0 Å². The van der Waals surface area contributed by atoms with E-state index in [1.807, 2.05) is 13.8 Å². The number of hydrogen-bond acceptors (Lipinski definition) is 3. The van der Waals surface area contributed by atoms with Crippen molar-refractivity contribution in [1.29, 1.82) is 0 Å². The van der Waals surface area contributed by atoms with Crippen LogP contribution in [0.2, 0.25) is 0 Å². The van der Waals surface area contributed by atoms with Crippen LogP contribution in [0, 0.1) is 20.8 Å². The highest BCUT2D eigenvalue weighted by Crippen LogP contribution is 2.24. The van der Waals surface area contributed by atoms with Crippen molar-refractivity contribution in [1.82, 2.24) is 4.90 Å². The lowest BCUT2D eigenvalue weighted by Crippen LogP contribution is -2.38. The second-order valence-electron chi connectivity index (χ2n) is 5.03. The molecule has 114 valence electrons. The molecular weight excluding hydrogens is 250 g/mol. The number of nitrogens with zero attached hydrogens (tertiary/aromatic N) is 1. The van der Waals surface area contributed by atoms with Crippen LogP contribution in [0.5, 0.6) is 5.75 Å². The van der Waals surface area contributed by atoms with Crippen molar-refractivity contribution in [2.45, 2.75) is 34.6 Å². The maximum atomic E-state index is 5.94. The van der Waals surface area contributed by atoms with Crippen LogP contribution in [0.4, 0.5) is 0 Å². The van der Waals surface area contributed by atoms with E-state index in [0.717, 1.165) is 45.2 Å². The first-order valence-corrected chi connectivity index (χ1v) is 7.67. The number of ether oxygens (including phenoxy) is 2. The largest absolute Gasteiger partial charge is 0.492 e. The van der Waals surface area contributed by atoms with Gasteiger partial charge in [-0.2, -0.15) is 0 Å². The molecule has 0 unspecified atom stereocenters. The lowest BCUT2D eigenvalue weighted by molar-refractivity contribution is 0.0322. The van der Waals surface area contributed by atoms with E-state index in [1.54, 1.807) is 0 Å². The molecule has 3 heteroatoms. The van der Waals surface area contributed by atoms with Gasteiger partial charge in [0, 0.05) is 19.6 Å². The van der Waals surface area contributed by atoms with Gasteiger partial charge in [-0.05, 0) is 31.9 Å². The first-order chi connectivity index (χ1) is 9.66. The third-order valence-corrected chi connectivity index (χ3v) is 3.36. The fourth-order valence-corrected chi connectivity index (χ4v) is 2.50. The number of aryl methyl sites for hydroxylation is 3. The molecule has 0 amide bonds. The summed E-state index contributed by atoms with van der Waals surface area (Å²) >= 11 is 0. The Labute approximate surface area is 123 Å². The smallest absolute Gasteiger partial charge is 0.125 e. The maximum Gasteiger partial charge on any atom is 0.125 e. The summed E-state index contributed by atoms with van der Waals surface area (Å²) in [7, 11) is 0. The van der Waals surface area contributed by atoms with Crippen molar-refractivity contribution in [2.24, 2.45) is 0 Å². The van der Waals surface area contributed by atoms with E-state index in [-0.39, 0.29) is 0 Å². The minimum absolute atomic E-state index is 0.755. The molecule has 0 N–H and O–H groups in total. The number of morpholine rings is 1. The zero-order valence-corrected chi connectivity index (χ0v) is 13.7. The van der Waals surface area contributed by atoms with Crippen LogP contribution in [0.1, 0.15) is 30.5 Å². The fourth-order valence-electron chi connectivity index (χ4n) is 2.50. The van der Waals surface area contributed by atoms with E-state index < -0.39 is 0 Å². The lowest BCUT2D eigenvalue weighted by Gasteiger charge is -2.26. The molecule has 1 heterocycles. The molecule has 1 aliphatic heterocycles. The summed E-state index contributed by atoms with van der Waals surface area (Å²) in [6.07, 6.45) is 0. The number of rotatable bonds is 4. The molecule has 1 aromatic rings. The minimum Gasteiger partial charge on any atom is -0.492 e. The SMILES string of the molecule is CC.Cc1cc(C)c(OCCN2CCOCC2)c(C)c1. The van der Waals surface area contributed by atoms with Crippen molar-refractivity contribution in [3.63, 3.8) is 0 Å². The van der Waals surface area contributed by atoms with Crippen LogP contribution in [0.3, 0.4) is 0 Å². The molecule has 1 saturated heterocycles. The van der Waals surface area contributed by atoms with Gasteiger partial charge in [-0.1, -0.05) is 31.5 Å². The Morgan fingerprint density at radius 1 is 1.05 bits per heavy atom. The van der Waals surface area contributed by atoms with E-state index >= 15 is 0 Å². The van der Waals surface area contributed by atoms with Gasteiger partial charge in [0.2, 0.25) is 0 Å². The summed E-state index contributed by atoms with van der Waals surface area (Å²) in [5.74, 6) is 1.05. The normalized spacial score (nSPS) is 15.4. The van der Waals surface area contributed by atoms with Crippen LogP contribution in [-0.2, 0) is 4.74 Å². The van der Waals surface area contributed by atoms with Crippen LogP contribution < -0.4 is 4.74 Å². The highest BCUT2D eigenvalue weighted by atomic mass is 16.5. The zero-order valence-electron chi connectivity index (χ0n) is 13.7. The van der Waals surface area contributed by atoms with Gasteiger partial charge in [0.25, 0.3) is 0 Å². The van der Waals surface area contributed by atoms with Gasteiger partial charge in [-0.3, -0.25) is 4.90 Å². The first kappa shape index (κ1) is 17.0. The predicted molar refractivity (Wildman–Crippen MR) is 84.8 cm³/mol. The predicted octanol–water partition coefficient (Wildman–Crippen LogP) is 3.35. The van der Waals surface area contributed by atoms with E-state index in [2.05, 4.69) is 37.8 Å². The summed E-state index contributed by atoms with van der Waals surface area (Å²) < 4.78 is 11.3. The van der Waals surface area contributed by atoms with E-state index in [4.69, 9.17) is 9.47 Å². The van der Waals surface area contributed by atoms with Crippen molar-refractivity contribution in [2.75, 3.05) is 39.5 Å². The topological polar surface area (TPSA) is 21.7 Å². The van der Waals surface area contributed by atoms with Crippen molar-refractivity contribution in [3.05, 3.63) is 28.8 Å². The van der Waals surface area contributed by atoms with Gasteiger partial charge >= 0.3 is 0 Å². The summed E-state index contributed by atoms with van der Waals surface area (Å²) in [6, 6.07) is 4.36. The molecule has 3 nitrogen and oxygen atoms in total. The van der Waals surface area contributed by atoms with Crippen LogP contribution in [0.15, 0.2) is 12.1 Å². The minimum atomic E-state index is 0.755. The zero-order chi connectivity index (χ0) is 15.0. The van der Waals surface area contributed by atoms with Crippen molar-refractivity contribution >= 4 is 0 Å². The molecule has 0 spiro atoms. The standard InChI is InChI=1S/C15H23NO2.C2H6/c1-12-10-13(2)15(14(3)11-12)18-9-6-16-4-7-17-8-5-16;1-2/h10-11H,4-9H2,1-3H3;1-2H3. The molecule has 0 aromatic heterocycles. The van der Waals surface area contributed by atoms with E-state index in [1.165, 1.54) is 16.7 Å². The molecule has 0 radical (unpaired) electrons. The highest BCUT2D eigenvalue weighted by Gasteiger charge is 2.11. The Morgan fingerprint density at radius 3 is 2.15 bits per heavy atom. The molecule has 0 saturated carbocycles. The number of hydrogen-bond donors (Lipinski definition) is 0. The van der Waals surface area contributed by atoms with Crippen LogP contribution >= 0.6 is 0 Å². The average Bonchev–Trinajstić information content (AvgIpc) is 2.45. The van der Waals surface area contributed by atoms with Gasteiger partial charge in [0.1, 0.15) is 12.4 Å². The third-order valence-electron chi connectivity index (χ3n) is 3.36. The Hall–Kier alpha value is -1.06. The maximum absolute atomic E-state index is 5.94. The Morgan fingerprint density at radius 2 is 1.60 bits per heavy atom. The Balaban J connectivity index is 0.000000956. The monoisotopic (exact) mass is 279 g/mol. The fraction of sp³-hybridized carbons (Fsp3) is 0.647. The summed E-state index contributed by atoms with van der Waals surface area (Å²) in [5.41, 5.74) is 3.76. The van der Waals surface area contributed by atoms with Gasteiger partial charge in [-0.15, -0.1) is 0 Å².